The van der Waals surface area contributed by atoms with Gasteiger partial charge in [0.25, 0.3) is 0 Å². The molecule has 4 nitrogen and oxygen atoms in total. The van der Waals surface area contributed by atoms with Crippen molar-refractivity contribution in [3.8, 4) is 0 Å². The number of aryl methyl sites for hydroxylation is 1. The van der Waals surface area contributed by atoms with Crippen LogP contribution in [0.25, 0.3) is 0 Å². The van der Waals surface area contributed by atoms with Gasteiger partial charge in [-0.3, -0.25) is 10.1 Å². The Labute approximate surface area is 102 Å². The molecule has 0 bridgehead atoms. The fraction of sp³-hybridized carbons (Fsp3) is 0.0909. The molecule has 17 heavy (non-hydrogen) atoms. The molecule has 0 aliphatic carbocycles. The van der Waals surface area contributed by atoms with Gasteiger partial charge in [-0.05, 0) is 18.2 Å². The summed E-state index contributed by atoms with van der Waals surface area (Å²) in [5.74, 6) is -0.520. The first-order valence-corrected chi connectivity index (χ1v) is 5.68. The molecule has 0 saturated heterocycles. The zero-order valence-electron chi connectivity index (χ0n) is 9.14. The van der Waals surface area contributed by atoms with Crippen LogP contribution in [-0.4, -0.2) is 15.6 Å². The zero-order chi connectivity index (χ0) is 12.4. The Balaban J connectivity index is 2.25. The quantitative estimate of drug-likeness (QED) is 0.646. The summed E-state index contributed by atoms with van der Waals surface area (Å²) in [4.78, 5) is 1.35. The number of rotatable bonds is 3. The van der Waals surface area contributed by atoms with E-state index >= 15 is 0 Å². The number of nitrogens with zero attached hydrogens (tertiary/aromatic N) is 2. The van der Waals surface area contributed by atoms with E-state index in [1.54, 1.807) is 30.1 Å². The van der Waals surface area contributed by atoms with Gasteiger partial charge in [-0.15, -0.1) is 0 Å². The minimum atomic E-state index is -0.383. The lowest BCUT2D eigenvalue weighted by molar-refractivity contribution is 0.601. The van der Waals surface area contributed by atoms with Gasteiger partial charge in [0.1, 0.15) is 11.7 Å². The van der Waals surface area contributed by atoms with Gasteiger partial charge in [-0.1, -0.05) is 11.8 Å². The summed E-state index contributed by atoms with van der Waals surface area (Å²) in [6.45, 7) is 0. The van der Waals surface area contributed by atoms with E-state index < -0.39 is 0 Å². The van der Waals surface area contributed by atoms with Crippen LogP contribution in [-0.2, 0) is 7.05 Å². The van der Waals surface area contributed by atoms with Crippen molar-refractivity contribution in [3.05, 3.63) is 42.0 Å². The third-order valence-electron chi connectivity index (χ3n) is 2.15. The van der Waals surface area contributed by atoms with Gasteiger partial charge in [-0.25, -0.2) is 4.39 Å². The first-order chi connectivity index (χ1) is 8.06. The molecule has 1 heterocycles. The monoisotopic (exact) mass is 250 g/mol. The molecule has 0 fully saturated rings. The Hall–Kier alpha value is -1.82. The van der Waals surface area contributed by atoms with Crippen LogP contribution in [0.4, 0.5) is 4.39 Å². The molecule has 3 N–H and O–H groups in total. The zero-order valence-corrected chi connectivity index (χ0v) is 9.96. The van der Waals surface area contributed by atoms with E-state index in [-0.39, 0.29) is 11.7 Å². The Morgan fingerprint density at radius 3 is 2.82 bits per heavy atom. The third kappa shape index (κ3) is 2.65. The van der Waals surface area contributed by atoms with Gasteiger partial charge in [-0.2, -0.15) is 5.10 Å². The summed E-state index contributed by atoms with van der Waals surface area (Å²) in [7, 11) is 1.80. The summed E-state index contributed by atoms with van der Waals surface area (Å²) < 4.78 is 15.4. The minimum absolute atomic E-state index is 0.137. The van der Waals surface area contributed by atoms with E-state index in [9.17, 15) is 4.39 Å². The maximum absolute atomic E-state index is 13.7. The van der Waals surface area contributed by atoms with Crippen molar-refractivity contribution in [1.82, 2.24) is 9.78 Å². The second-order valence-electron chi connectivity index (χ2n) is 3.51. The lowest BCUT2D eigenvalue weighted by atomic mass is 10.2. The molecular weight excluding hydrogens is 239 g/mol. The molecule has 0 aliphatic heterocycles. The Kier molecular flexibility index (Phi) is 3.14. The lowest BCUT2D eigenvalue weighted by Gasteiger charge is -2.03. The largest absolute Gasteiger partial charge is 0.384 e. The van der Waals surface area contributed by atoms with Crippen LogP contribution in [0.2, 0.25) is 0 Å². The first kappa shape index (κ1) is 11.7. The molecule has 1 aromatic heterocycles. The number of amidine groups is 1. The number of nitrogen functional groups attached to an aromatic ring is 1. The van der Waals surface area contributed by atoms with Crippen molar-refractivity contribution in [2.75, 3.05) is 0 Å². The summed E-state index contributed by atoms with van der Waals surface area (Å²) in [5.41, 5.74) is 5.67. The van der Waals surface area contributed by atoms with E-state index in [1.807, 2.05) is 6.20 Å². The van der Waals surface area contributed by atoms with Crippen LogP contribution in [0.1, 0.15) is 5.56 Å². The van der Waals surface area contributed by atoms with Crippen molar-refractivity contribution in [2.45, 2.75) is 9.79 Å². The van der Waals surface area contributed by atoms with Crippen molar-refractivity contribution in [1.29, 1.82) is 5.41 Å². The highest BCUT2D eigenvalue weighted by molar-refractivity contribution is 7.99. The van der Waals surface area contributed by atoms with E-state index in [0.717, 1.165) is 4.90 Å². The van der Waals surface area contributed by atoms with E-state index in [1.165, 1.54) is 17.8 Å². The molecule has 0 amide bonds. The van der Waals surface area contributed by atoms with Gasteiger partial charge in [0.05, 0.1) is 11.1 Å². The first-order valence-electron chi connectivity index (χ1n) is 4.86. The summed E-state index contributed by atoms with van der Waals surface area (Å²) >= 11 is 1.29. The number of hydrogen-bond acceptors (Lipinski definition) is 3. The molecule has 0 spiro atoms. The lowest BCUT2D eigenvalue weighted by Crippen LogP contribution is -2.11. The summed E-state index contributed by atoms with van der Waals surface area (Å²) in [6, 6.07) is 4.51. The highest BCUT2D eigenvalue weighted by Crippen LogP contribution is 2.29. The number of halogens is 1. The molecule has 0 atom stereocenters. The SMILES string of the molecule is Cn1cc(Sc2ccc(C(=N)N)cc2F)cn1. The molecule has 1 aromatic carbocycles. The Bertz CT molecular complexity index is 564. The summed E-state index contributed by atoms with van der Waals surface area (Å²) in [5, 5.41) is 11.2. The number of benzene rings is 1. The van der Waals surface area contributed by atoms with Crippen molar-refractivity contribution < 1.29 is 4.39 Å². The van der Waals surface area contributed by atoms with Crippen molar-refractivity contribution in [2.24, 2.45) is 12.8 Å². The molecular formula is C11H11FN4S. The van der Waals surface area contributed by atoms with Crippen LogP contribution in [0.3, 0.4) is 0 Å². The number of nitrogens with two attached hydrogens (primary N) is 1. The minimum Gasteiger partial charge on any atom is -0.384 e. The topological polar surface area (TPSA) is 67.7 Å². The average Bonchev–Trinajstić information content (AvgIpc) is 2.67. The smallest absolute Gasteiger partial charge is 0.137 e. The number of nitrogens with one attached hydrogen (secondary N) is 1. The van der Waals surface area contributed by atoms with Crippen LogP contribution >= 0.6 is 11.8 Å². The van der Waals surface area contributed by atoms with E-state index in [0.29, 0.717) is 10.5 Å². The second kappa shape index (κ2) is 4.58. The van der Waals surface area contributed by atoms with Crippen LogP contribution < -0.4 is 5.73 Å². The van der Waals surface area contributed by atoms with Crippen LogP contribution in [0.15, 0.2) is 40.4 Å². The highest BCUT2D eigenvalue weighted by Gasteiger charge is 2.07. The Morgan fingerprint density at radius 1 is 1.53 bits per heavy atom. The van der Waals surface area contributed by atoms with E-state index in [2.05, 4.69) is 5.10 Å². The molecule has 0 aliphatic rings. The van der Waals surface area contributed by atoms with Gasteiger partial charge < -0.3 is 5.73 Å². The van der Waals surface area contributed by atoms with Crippen LogP contribution in [0, 0.1) is 11.2 Å². The van der Waals surface area contributed by atoms with E-state index in [4.69, 9.17) is 11.1 Å². The fourth-order valence-electron chi connectivity index (χ4n) is 1.33. The number of aromatic nitrogens is 2. The molecule has 0 saturated carbocycles. The van der Waals surface area contributed by atoms with Gasteiger partial charge in [0, 0.05) is 23.7 Å². The van der Waals surface area contributed by atoms with Gasteiger partial charge >= 0.3 is 0 Å². The maximum atomic E-state index is 13.7. The van der Waals surface area contributed by atoms with Crippen molar-refractivity contribution in [3.63, 3.8) is 0 Å². The molecule has 0 unspecified atom stereocenters. The maximum Gasteiger partial charge on any atom is 0.137 e. The average molecular weight is 250 g/mol. The molecule has 6 heteroatoms. The molecule has 2 aromatic rings. The Morgan fingerprint density at radius 2 is 2.29 bits per heavy atom. The summed E-state index contributed by atoms with van der Waals surface area (Å²) in [6.07, 6.45) is 3.48. The standard InChI is InChI=1S/C11H11FN4S/c1-16-6-8(5-15-16)17-10-3-2-7(11(13)14)4-9(10)12/h2-6H,1H3,(H3,13,14). The second-order valence-corrected chi connectivity index (χ2v) is 4.63. The fourth-order valence-corrected chi connectivity index (χ4v) is 2.18. The van der Waals surface area contributed by atoms with Gasteiger partial charge in [0.2, 0.25) is 0 Å². The normalized spacial score (nSPS) is 10.5. The highest BCUT2D eigenvalue weighted by atomic mass is 32.2. The van der Waals surface area contributed by atoms with Gasteiger partial charge in [0.15, 0.2) is 0 Å². The molecule has 88 valence electrons. The molecule has 2 rings (SSSR count). The predicted molar refractivity (Wildman–Crippen MR) is 64.7 cm³/mol. The predicted octanol–water partition coefficient (Wildman–Crippen LogP) is 1.99. The third-order valence-corrected chi connectivity index (χ3v) is 3.15. The number of hydrogen-bond donors (Lipinski definition) is 2. The van der Waals surface area contributed by atoms with Crippen LogP contribution in [0.5, 0.6) is 0 Å². The van der Waals surface area contributed by atoms with Crippen molar-refractivity contribution >= 4 is 17.6 Å². The molecule has 0 radical (unpaired) electrons.